The van der Waals surface area contributed by atoms with Crippen LogP contribution in [0.4, 0.5) is 0 Å². The van der Waals surface area contributed by atoms with Crippen LogP contribution in [-0.4, -0.2) is 0 Å². The fraction of sp³-hybridized carbons (Fsp3) is 0.300. The molecule has 20 heavy (non-hydrogen) atoms. The minimum absolute atomic E-state index is 0.605. The maximum absolute atomic E-state index is 2.39. The Morgan fingerprint density at radius 2 is 1.70 bits per heavy atom. The Morgan fingerprint density at radius 3 is 2.40 bits per heavy atom. The van der Waals surface area contributed by atoms with Gasteiger partial charge in [0.1, 0.15) is 0 Å². The maximum atomic E-state index is 2.39. The van der Waals surface area contributed by atoms with Gasteiger partial charge in [0.05, 0.1) is 0 Å². The van der Waals surface area contributed by atoms with Crippen LogP contribution < -0.4 is 0 Å². The van der Waals surface area contributed by atoms with Gasteiger partial charge < -0.3 is 0 Å². The Bertz CT molecular complexity index is 632. The van der Waals surface area contributed by atoms with E-state index in [2.05, 4.69) is 75.4 Å². The van der Waals surface area contributed by atoms with E-state index in [4.69, 9.17) is 0 Å². The molecule has 0 aliphatic heterocycles. The SMILES string of the molecule is CC1=Cc2c(-c3ccccc3)cccc2C1CC(C)C. The number of hydrogen-bond donors (Lipinski definition) is 0. The molecule has 0 amide bonds. The quantitative estimate of drug-likeness (QED) is 0.646. The third kappa shape index (κ3) is 2.31. The fourth-order valence-electron chi connectivity index (χ4n) is 3.28. The molecular formula is C20H22. The molecule has 0 aromatic heterocycles. The van der Waals surface area contributed by atoms with Crippen LogP contribution in [0.5, 0.6) is 0 Å². The van der Waals surface area contributed by atoms with Crippen LogP contribution in [0, 0.1) is 5.92 Å². The van der Waals surface area contributed by atoms with E-state index in [-0.39, 0.29) is 0 Å². The molecule has 2 aromatic rings. The largest absolute Gasteiger partial charge is 0.0652 e. The third-order valence-corrected chi connectivity index (χ3v) is 4.23. The van der Waals surface area contributed by atoms with Crippen molar-refractivity contribution in [2.75, 3.05) is 0 Å². The molecule has 1 unspecified atom stereocenters. The van der Waals surface area contributed by atoms with Gasteiger partial charge in [-0.1, -0.05) is 74.0 Å². The van der Waals surface area contributed by atoms with Crippen molar-refractivity contribution in [3.8, 4) is 11.1 Å². The van der Waals surface area contributed by atoms with Gasteiger partial charge in [-0.2, -0.15) is 0 Å². The molecule has 0 saturated carbocycles. The first-order chi connectivity index (χ1) is 9.66. The minimum atomic E-state index is 0.605. The molecule has 0 fully saturated rings. The standard InChI is InChI=1S/C20H22/c1-14(2)12-19-15(3)13-20-17(10-7-11-18(19)20)16-8-5-4-6-9-16/h4-11,13-14,19H,12H2,1-3H3. The highest BCUT2D eigenvalue weighted by atomic mass is 14.3. The van der Waals surface area contributed by atoms with E-state index in [1.165, 1.54) is 34.2 Å². The zero-order valence-corrected chi connectivity index (χ0v) is 12.6. The summed E-state index contributed by atoms with van der Waals surface area (Å²) >= 11 is 0. The molecule has 0 radical (unpaired) electrons. The molecule has 1 atom stereocenters. The number of allylic oxidation sites excluding steroid dienone is 1. The van der Waals surface area contributed by atoms with Crippen molar-refractivity contribution in [1.29, 1.82) is 0 Å². The van der Waals surface area contributed by atoms with Gasteiger partial charge in [-0.15, -0.1) is 0 Å². The zero-order chi connectivity index (χ0) is 14.1. The highest BCUT2D eigenvalue weighted by molar-refractivity contribution is 5.81. The van der Waals surface area contributed by atoms with Crippen molar-refractivity contribution in [3.05, 3.63) is 65.2 Å². The predicted octanol–water partition coefficient (Wildman–Crippen LogP) is 5.90. The van der Waals surface area contributed by atoms with Gasteiger partial charge in [0.25, 0.3) is 0 Å². The summed E-state index contributed by atoms with van der Waals surface area (Å²) in [7, 11) is 0. The second kappa shape index (κ2) is 5.28. The lowest BCUT2D eigenvalue weighted by molar-refractivity contribution is 0.541. The number of hydrogen-bond acceptors (Lipinski definition) is 0. The molecule has 102 valence electrons. The number of fused-ring (bicyclic) bond motifs is 1. The van der Waals surface area contributed by atoms with Crippen molar-refractivity contribution in [2.45, 2.75) is 33.1 Å². The fourth-order valence-corrected chi connectivity index (χ4v) is 3.28. The van der Waals surface area contributed by atoms with Crippen molar-refractivity contribution < 1.29 is 0 Å². The molecule has 0 heterocycles. The minimum Gasteiger partial charge on any atom is -0.0652 e. The van der Waals surface area contributed by atoms with Crippen molar-refractivity contribution in [2.24, 2.45) is 5.92 Å². The lowest BCUT2D eigenvalue weighted by Crippen LogP contribution is -2.02. The van der Waals surface area contributed by atoms with Gasteiger partial charge in [-0.25, -0.2) is 0 Å². The molecule has 0 nitrogen and oxygen atoms in total. The van der Waals surface area contributed by atoms with Crippen LogP contribution in [-0.2, 0) is 0 Å². The van der Waals surface area contributed by atoms with E-state index in [1.54, 1.807) is 0 Å². The molecule has 1 aliphatic carbocycles. The van der Waals surface area contributed by atoms with Gasteiger partial charge in [0.15, 0.2) is 0 Å². The second-order valence-electron chi connectivity index (χ2n) is 6.24. The Kier molecular flexibility index (Phi) is 3.48. The van der Waals surface area contributed by atoms with Crippen LogP contribution in [0.15, 0.2) is 54.1 Å². The number of benzene rings is 2. The van der Waals surface area contributed by atoms with Gasteiger partial charge >= 0.3 is 0 Å². The van der Waals surface area contributed by atoms with Crippen LogP contribution in [0.3, 0.4) is 0 Å². The molecule has 2 aromatic carbocycles. The summed E-state index contributed by atoms with van der Waals surface area (Å²) in [5.74, 6) is 1.34. The topological polar surface area (TPSA) is 0 Å². The molecule has 0 saturated heterocycles. The first kappa shape index (κ1) is 13.2. The second-order valence-corrected chi connectivity index (χ2v) is 6.24. The maximum Gasteiger partial charge on any atom is 0.00573 e. The van der Waals surface area contributed by atoms with Gasteiger partial charge in [0, 0.05) is 5.92 Å². The van der Waals surface area contributed by atoms with Crippen molar-refractivity contribution >= 4 is 6.08 Å². The normalized spacial score (nSPS) is 17.2. The Balaban J connectivity index is 2.08. The van der Waals surface area contributed by atoms with Crippen LogP contribution in [0.25, 0.3) is 17.2 Å². The Labute approximate surface area is 122 Å². The van der Waals surface area contributed by atoms with Gasteiger partial charge in [0.2, 0.25) is 0 Å². The molecule has 0 bridgehead atoms. The molecule has 1 aliphatic rings. The third-order valence-electron chi connectivity index (χ3n) is 4.23. The van der Waals surface area contributed by atoms with E-state index in [0.29, 0.717) is 5.92 Å². The lowest BCUT2D eigenvalue weighted by Gasteiger charge is -2.17. The molecule has 0 N–H and O–H groups in total. The first-order valence-electron chi connectivity index (χ1n) is 7.53. The summed E-state index contributed by atoms with van der Waals surface area (Å²) < 4.78 is 0. The van der Waals surface area contributed by atoms with Gasteiger partial charge in [-0.05, 0) is 41.5 Å². The number of rotatable bonds is 3. The summed E-state index contributed by atoms with van der Waals surface area (Å²) in [4.78, 5) is 0. The van der Waals surface area contributed by atoms with Gasteiger partial charge in [-0.3, -0.25) is 0 Å². The summed E-state index contributed by atoms with van der Waals surface area (Å²) in [6, 6.07) is 17.5. The smallest absolute Gasteiger partial charge is 0.00573 e. The van der Waals surface area contributed by atoms with Crippen LogP contribution in [0.2, 0.25) is 0 Å². The average Bonchev–Trinajstić information content (AvgIpc) is 2.76. The zero-order valence-electron chi connectivity index (χ0n) is 12.6. The van der Waals surface area contributed by atoms with Crippen LogP contribution in [0.1, 0.15) is 44.2 Å². The summed E-state index contributed by atoms with van der Waals surface area (Å²) in [5.41, 5.74) is 7.14. The van der Waals surface area contributed by atoms with Crippen molar-refractivity contribution in [1.82, 2.24) is 0 Å². The molecule has 0 heteroatoms. The van der Waals surface area contributed by atoms with E-state index < -0.39 is 0 Å². The first-order valence-corrected chi connectivity index (χ1v) is 7.53. The monoisotopic (exact) mass is 262 g/mol. The lowest BCUT2D eigenvalue weighted by atomic mass is 9.87. The Hall–Kier alpha value is -1.82. The van der Waals surface area contributed by atoms with E-state index in [9.17, 15) is 0 Å². The van der Waals surface area contributed by atoms with E-state index in [0.717, 1.165) is 5.92 Å². The highest BCUT2D eigenvalue weighted by Gasteiger charge is 2.25. The van der Waals surface area contributed by atoms with Crippen molar-refractivity contribution in [3.63, 3.8) is 0 Å². The molecular weight excluding hydrogens is 240 g/mol. The summed E-state index contributed by atoms with van der Waals surface area (Å²) in [6.45, 7) is 6.90. The van der Waals surface area contributed by atoms with E-state index >= 15 is 0 Å². The van der Waals surface area contributed by atoms with Crippen LogP contribution >= 0.6 is 0 Å². The summed E-state index contributed by atoms with van der Waals surface area (Å²) in [5, 5.41) is 0. The molecule has 3 rings (SSSR count). The summed E-state index contributed by atoms with van der Waals surface area (Å²) in [6.07, 6.45) is 3.64. The average molecular weight is 262 g/mol. The Morgan fingerprint density at radius 1 is 0.950 bits per heavy atom. The highest BCUT2D eigenvalue weighted by Crippen LogP contribution is 2.43. The van der Waals surface area contributed by atoms with E-state index in [1.807, 2.05) is 0 Å². The molecule has 0 spiro atoms. The predicted molar refractivity (Wildman–Crippen MR) is 87.7 cm³/mol.